The molecule has 1 aromatic rings. The van der Waals surface area contributed by atoms with Crippen molar-refractivity contribution >= 4 is 11.6 Å². The monoisotopic (exact) mass is 222 g/mol. The third-order valence-electron chi connectivity index (χ3n) is 2.95. The standard InChI is InChI=1S/C11H18N4O/c1-3-9-10(12)13-7-14-11(9)15-4-5-16-6-8(15)2/h7-8H,3-6H2,1-2H3,(H2,12,13,14). The van der Waals surface area contributed by atoms with E-state index in [0.717, 1.165) is 37.6 Å². The Kier molecular flexibility index (Phi) is 3.24. The molecule has 5 nitrogen and oxygen atoms in total. The Morgan fingerprint density at radius 3 is 3.06 bits per heavy atom. The van der Waals surface area contributed by atoms with Crippen molar-refractivity contribution in [1.82, 2.24) is 9.97 Å². The SMILES string of the molecule is CCc1c(N)ncnc1N1CCOCC1C. The zero-order chi connectivity index (χ0) is 11.5. The highest BCUT2D eigenvalue weighted by atomic mass is 16.5. The first kappa shape index (κ1) is 11.1. The third kappa shape index (κ3) is 1.95. The molecule has 0 spiro atoms. The minimum Gasteiger partial charge on any atom is -0.383 e. The Morgan fingerprint density at radius 1 is 1.56 bits per heavy atom. The van der Waals surface area contributed by atoms with Crippen LogP contribution in [-0.2, 0) is 11.2 Å². The lowest BCUT2D eigenvalue weighted by atomic mass is 10.1. The van der Waals surface area contributed by atoms with E-state index in [9.17, 15) is 0 Å². The maximum atomic E-state index is 5.87. The minimum absolute atomic E-state index is 0.341. The normalized spacial score (nSPS) is 21.1. The number of ether oxygens (including phenoxy) is 1. The molecule has 16 heavy (non-hydrogen) atoms. The lowest BCUT2D eigenvalue weighted by Crippen LogP contribution is -2.44. The predicted molar refractivity (Wildman–Crippen MR) is 63.4 cm³/mol. The quantitative estimate of drug-likeness (QED) is 0.803. The summed E-state index contributed by atoms with van der Waals surface area (Å²) in [6, 6.07) is 0.341. The molecule has 0 saturated carbocycles. The number of hydrogen-bond acceptors (Lipinski definition) is 5. The molecule has 5 heteroatoms. The zero-order valence-corrected chi connectivity index (χ0v) is 9.81. The summed E-state index contributed by atoms with van der Waals surface area (Å²) >= 11 is 0. The molecule has 1 aliphatic heterocycles. The van der Waals surface area contributed by atoms with Gasteiger partial charge in [0.25, 0.3) is 0 Å². The van der Waals surface area contributed by atoms with E-state index >= 15 is 0 Å². The van der Waals surface area contributed by atoms with Gasteiger partial charge in [-0.05, 0) is 13.3 Å². The molecule has 0 aromatic carbocycles. The average Bonchev–Trinajstić information content (AvgIpc) is 2.29. The number of nitrogen functional groups attached to an aromatic ring is 1. The van der Waals surface area contributed by atoms with Gasteiger partial charge in [0.1, 0.15) is 18.0 Å². The summed E-state index contributed by atoms with van der Waals surface area (Å²) < 4.78 is 5.42. The molecular weight excluding hydrogens is 204 g/mol. The van der Waals surface area contributed by atoms with Crippen LogP contribution in [0.4, 0.5) is 11.6 Å². The fourth-order valence-corrected chi connectivity index (χ4v) is 2.04. The van der Waals surface area contributed by atoms with E-state index in [4.69, 9.17) is 10.5 Å². The van der Waals surface area contributed by atoms with Crippen LogP contribution in [0.25, 0.3) is 0 Å². The van der Waals surface area contributed by atoms with Gasteiger partial charge in [-0.3, -0.25) is 0 Å². The molecule has 88 valence electrons. The maximum Gasteiger partial charge on any atom is 0.137 e. The highest BCUT2D eigenvalue weighted by Gasteiger charge is 2.23. The van der Waals surface area contributed by atoms with Crippen LogP contribution in [0, 0.1) is 0 Å². The van der Waals surface area contributed by atoms with Crippen molar-refractivity contribution < 1.29 is 4.74 Å². The number of hydrogen-bond donors (Lipinski definition) is 1. The van der Waals surface area contributed by atoms with Crippen molar-refractivity contribution in [2.45, 2.75) is 26.3 Å². The number of nitrogens with zero attached hydrogens (tertiary/aromatic N) is 3. The fraction of sp³-hybridized carbons (Fsp3) is 0.636. The molecule has 1 saturated heterocycles. The summed E-state index contributed by atoms with van der Waals surface area (Å²) in [7, 11) is 0. The van der Waals surface area contributed by atoms with Crippen molar-refractivity contribution in [3.05, 3.63) is 11.9 Å². The summed E-state index contributed by atoms with van der Waals surface area (Å²) in [6.07, 6.45) is 2.39. The first-order valence-corrected chi connectivity index (χ1v) is 5.67. The van der Waals surface area contributed by atoms with Crippen molar-refractivity contribution in [1.29, 1.82) is 0 Å². The number of morpholine rings is 1. The molecule has 2 rings (SSSR count). The Morgan fingerprint density at radius 2 is 2.38 bits per heavy atom. The molecule has 0 radical (unpaired) electrons. The molecular formula is C11H18N4O. The molecule has 0 bridgehead atoms. The topological polar surface area (TPSA) is 64.3 Å². The Hall–Kier alpha value is -1.36. The van der Waals surface area contributed by atoms with E-state index in [1.54, 1.807) is 0 Å². The highest BCUT2D eigenvalue weighted by molar-refractivity contribution is 5.57. The Balaban J connectivity index is 2.34. The second-order valence-corrected chi connectivity index (χ2v) is 4.03. The molecule has 0 amide bonds. The summed E-state index contributed by atoms with van der Waals surface area (Å²) in [4.78, 5) is 10.7. The molecule has 1 unspecified atom stereocenters. The second-order valence-electron chi connectivity index (χ2n) is 4.03. The second kappa shape index (κ2) is 4.65. The van der Waals surface area contributed by atoms with Gasteiger partial charge in [0, 0.05) is 12.1 Å². The predicted octanol–water partition coefficient (Wildman–Crippen LogP) is 0.846. The van der Waals surface area contributed by atoms with Gasteiger partial charge < -0.3 is 15.4 Å². The number of nitrogens with two attached hydrogens (primary N) is 1. The molecule has 2 N–H and O–H groups in total. The van der Waals surface area contributed by atoms with Crippen LogP contribution < -0.4 is 10.6 Å². The summed E-state index contributed by atoms with van der Waals surface area (Å²) in [5, 5.41) is 0. The van der Waals surface area contributed by atoms with Crippen LogP contribution in [0.5, 0.6) is 0 Å². The van der Waals surface area contributed by atoms with Gasteiger partial charge in [0.15, 0.2) is 0 Å². The number of anilines is 2. The summed E-state index contributed by atoms with van der Waals surface area (Å²) in [5.74, 6) is 1.55. The number of aromatic nitrogens is 2. The molecule has 1 fully saturated rings. The van der Waals surface area contributed by atoms with E-state index in [0.29, 0.717) is 11.9 Å². The largest absolute Gasteiger partial charge is 0.383 e. The molecule has 2 heterocycles. The van der Waals surface area contributed by atoms with Crippen LogP contribution in [0.15, 0.2) is 6.33 Å². The van der Waals surface area contributed by atoms with Gasteiger partial charge in [-0.25, -0.2) is 9.97 Å². The van der Waals surface area contributed by atoms with Crippen molar-refractivity contribution in [3.63, 3.8) is 0 Å². The summed E-state index contributed by atoms with van der Waals surface area (Å²) in [5.41, 5.74) is 6.91. The smallest absolute Gasteiger partial charge is 0.137 e. The molecule has 1 atom stereocenters. The van der Waals surface area contributed by atoms with Crippen molar-refractivity contribution in [2.75, 3.05) is 30.4 Å². The van der Waals surface area contributed by atoms with Crippen LogP contribution >= 0.6 is 0 Å². The van der Waals surface area contributed by atoms with Crippen molar-refractivity contribution in [3.8, 4) is 0 Å². The van der Waals surface area contributed by atoms with E-state index in [-0.39, 0.29) is 0 Å². The van der Waals surface area contributed by atoms with Crippen LogP contribution in [0.1, 0.15) is 19.4 Å². The Bertz CT molecular complexity index is 369. The van der Waals surface area contributed by atoms with Gasteiger partial charge in [0.2, 0.25) is 0 Å². The van der Waals surface area contributed by atoms with Gasteiger partial charge in [0.05, 0.1) is 19.3 Å². The average molecular weight is 222 g/mol. The van der Waals surface area contributed by atoms with Crippen LogP contribution in [0.2, 0.25) is 0 Å². The first-order valence-electron chi connectivity index (χ1n) is 5.67. The van der Waals surface area contributed by atoms with Gasteiger partial charge in [-0.1, -0.05) is 6.92 Å². The minimum atomic E-state index is 0.341. The van der Waals surface area contributed by atoms with Gasteiger partial charge in [-0.2, -0.15) is 0 Å². The third-order valence-corrected chi connectivity index (χ3v) is 2.95. The zero-order valence-electron chi connectivity index (χ0n) is 9.81. The molecule has 1 aromatic heterocycles. The first-order chi connectivity index (χ1) is 7.74. The lowest BCUT2D eigenvalue weighted by molar-refractivity contribution is 0.0984. The van der Waals surface area contributed by atoms with E-state index in [2.05, 4.69) is 28.7 Å². The maximum absolute atomic E-state index is 5.87. The van der Waals surface area contributed by atoms with E-state index in [1.807, 2.05) is 0 Å². The number of rotatable bonds is 2. The van der Waals surface area contributed by atoms with Crippen LogP contribution in [-0.4, -0.2) is 35.8 Å². The van der Waals surface area contributed by atoms with Gasteiger partial charge >= 0.3 is 0 Å². The molecule has 1 aliphatic rings. The van der Waals surface area contributed by atoms with Gasteiger partial charge in [-0.15, -0.1) is 0 Å². The Labute approximate surface area is 95.6 Å². The van der Waals surface area contributed by atoms with E-state index in [1.165, 1.54) is 6.33 Å². The summed E-state index contributed by atoms with van der Waals surface area (Å²) in [6.45, 7) is 6.57. The van der Waals surface area contributed by atoms with E-state index < -0.39 is 0 Å². The fourth-order valence-electron chi connectivity index (χ4n) is 2.04. The molecule has 0 aliphatic carbocycles. The van der Waals surface area contributed by atoms with Crippen molar-refractivity contribution in [2.24, 2.45) is 0 Å². The lowest BCUT2D eigenvalue weighted by Gasteiger charge is -2.35. The van der Waals surface area contributed by atoms with Crippen LogP contribution in [0.3, 0.4) is 0 Å². The highest BCUT2D eigenvalue weighted by Crippen LogP contribution is 2.24.